The van der Waals surface area contributed by atoms with Gasteiger partial charge in [0.15, 0.2) is 5.82 Å². The highest BCUT2D eigenvalue weighted by Gasteiger charge is 2.23. The number of aryl methyl sites for hydroxylation is 1. The van der Waals surface area contributed by atoms with E-state index in [1.807, 2.05) is 0 Å². The Hall–Kier alpha value is -2.54. The van der Waals surface area contributed by atoms with Crippen molar-refractivity contribution in [3.63, 3.8) is 0 Å². The minimum atomic E-state index is 0.447. The predicted octanol–water partition coefficient (Wildman–Crippen LogP) is 3.68. The zero-order chi connectivity index (χ0) is 19.6. The lowest BCUT2D eigenvalue weighted by Gasteiger charge is -2.24. The van der Waals surface area contributed by atoms with Crippen molar-refractivity contribution in [3.8, 4) is 5.88 Å². The van der Waals surface area contributed by atoms with E-state index in [1.165, 1.54) is 43.1 Å². The molecule has 3 aromatic rings. The van der Waals surface area contributed by atoms with Crippen LogP contribution in [0, 0.1) is 0 Å². The maximum Gasteiger partial charge on any atom is 0.218 e. The summed E-state index contributed by atoms with van der Waals surface area (Å²) in [6, 6.07) is 9.16. The Balaban J connectivity index is 1.38. The highest BCUT2D eigenvalue weighted by Crippen LogP contribution is 2.29. The van der Waals surface area contributed by atoms with E-state index in [2.05, 4.69) is 56.3 Å². The van der Waals surface area contributed by atoms with Crippen molar-refractivity contribution in [3.05, 3.63) is 41.2 Å². The molecule has 5 rings (SSSR count). The van der Waals surface area contributed by atoms with Crippen LogP contribution in [0.5, 0.6) is 5.88 Å². The predicted molar refractivity (Wildman–Crippen MR) is 111 cm³/mol. The lowest BCUT2D eigenvalue weighted by Crippen LogP contribution is -2.28. The molecule has 0 spiro atoms. The molecule has 1 aliphatic heterocycles. The van der Waals surface area contributed by atoms with E-state index in [0.29, 0.717) is 12.6 Å². The van der Waals surface area contributed by atoms with Gasteiger partial charge >= 0.3 is 0 Å². The number of fused-ring (bicyclic) bond motifs is 2. The summed E-state index contributed by atoms with van der Waals surface area (Å²) in [6.07, 6.45) is 7.26. The number of hydrogen-bond acceptors (Lipinski definition) is 6. The maximum atomic E-state index is 6.00. The molecule has 0 unspecified atom stereocenters. The molecule has 0 atom stereocenters. The molecule has 0 radical (unpaired) electrons. The van der Waals surface area contributed by atoms with E-state index in [1.54, 1.807) is 0 Å². The molecule has 152 valence electrons. The Kier molecular flexibility index (Phi) is 5.14. The summed E-state index contributed by atoms with van der Waals surface area (Å²) in [6.45, 7) is 5.18. The molecule has 0 bridgehead atoms. The van der Waals surface area contributed by atoms with Crippen molar-refractivity contribution in [2.24, 2.45) is 0 Å². The fourth-order valence-corrected chi connectivity index (χ4v) is 4.56. The number of pyridine rings is 1. The molecule has 1 aromatic carbocycles. The van der Waals surface area contributed by atoms with Crippen molar-refractivity contribution in [2.45, 2.75) is 64.6 Å². The second-order valence-corrected chi connectivity index (χ2v) is 8.22. The minimum Gasteiger partial charge on any atom is -0.476 e. The van der Waals surface area contributed by atoms with Crippen LogP contribution in [0.2, 0.25) is 0 Å². The molecule has 2 aliphatic rings. The monoisotopic (exact) mass is 392 g/mol. The SMILES string of the molecule is CCc1ccc2nc3c(cc2c1)CN(Cc1nnnn1C1CCCCC1)CCO3. The Morgan fingerprint density at radius 3 is 2.90 bits per heavy atom. The van der Waals surface area contributed by atoms with Crippen LogP contribution < -0.4 is 4.74 Å². The average molecular weight is 393 g/mol. The normalized spacial score (nSPS) is 18.4. The van der Waals surface area contributed by atoms with Crippen molar-refractivity contribution in [2.75, 3.05) is 13.2 Å². The van der Waals surface area contributed by atoms with Crippen LogP contribution in [0.15, 0.2) is 24.3 Å². The maximum absolute atomic E-state index is 6.00. The molecular formula is C22H28N6O. The number of ether oxygens (including phenoxy) is 1. The van der Waals surface area contributed by atoms with Gasteiger partial charge in [-0.1, -0.05) is 32.3 Å². The van der Waals surface area contributed by atoms with Crippen molar-refractivity contribution >= 4 is 10.9 Å². The van der Waals surface area contributed by atoms with E-state index in [9.17, 15) is 0 Å². The van der Waals surface area contributed by atoms with Crippen molar-refractivity contribution in [1.82, 2.24) is 30.1 Å². The van der Waals surface area contributed by atoms with Crippen LogP contribution in [0.4, 0.5) is 0 Å². The van der Waals surface area contributed by atoms with Gasteiger partial charge in [-0.15, -0.1) is 5.10 Å². The second-order valence-electron chi connectivity index (χ2n) is 8.22. The molecule has 0 amide bonds. The number of aromatic nitrogens is 5. The summed E-state index contributed by atoms with van der Waals surface area (Å²) < 4.78 is 8.07. The highest BCUT2D eigenvalue weighted by molar-refractivity contribution is 5.81. The Labute approximate surface area is 171 Å². The number of rotatable bonds is 4. The lowest BCUT2D eigenvalue weighted by molar-refractivity contribution is 0.205. The van der Waals surface area contributed by atoms with E-state index in [4.69, 9.17) is 9.72 Å². The summed E-state index contributed by atoms with van der Waals surface area (Å²) >= 11 is 0. The fraction of sp³-hybridized carbons (Fsp3) is 0.545. The standard InChI is InChI=1S/C22H28N6O/c1-2-16-8-9-20-17(12-16)13-18-14-27(10-11-29-22(18)23-20)15-21-24-25-26-28(21)19-6-4-3-5-7-19/h8-9,12-13,19H,2-7,10-11,14-15H2,1H3. The van der Waals surface area contributed by atoms with Gasteiger partial charge in [0.1, 0.15) is 6.61 Å². The first-order valence-corrected chi connectivity index (χ1v) is 10.8. The number of benzene rings is 1. The third kappa shape index (κ3) is 3.83. The number of hydrogen-bond donors (Lipinski definition) is 0. The zero-order valence-electron chi connectivity index (χ0n) is 17.0. The van der Waals surface area contributed by atoms with Crippen molar-refractivity contribution in [1.29, 1.82) is 0 Å². The van der Waals surface area contributed by atoms with Gasteiger partial charge in [0.05, 0.1) is 18.1 Å². The number of nitrogens with zero attached hydrogens (tertiary/aromatic N) is 6. The smallest absolute Gasteiger partial charge is 0.218 e. The summed E-state index contributed by atoms with van der Waals surface area (Å²) in [5.41, 5.74) is 3.47. The van der Waals surface area contributed by atoms with Crippen LogP contribution in [-0.4, -0.2) is 43.2 Å². The average Bonchev–Trinajstić information content (AvgIpc) is 3.13. The van der Waals surface area contributed by atoms with Crippen LogP contribution in [0.25, 0.3) is 10.9 Å². The summed E-state index contributed by atoms with van der Waals surface area (Å²) in [4.78, 5) is 7.15. The molecule has 7 nitrogen and oxygen atoms in total. The van der Waals surface area contributed by atoms with E-state index < -0.39 is 0 Å². The third-order valence-electron chi connectivity index (χ3n) is 6.21. The quantitative estimate of drug-likeness (QED) is 0.675. The Bertz CT molecular complexity index is 994. The number of tetrazole rings is 1. The topological polar surface area (TPSA) is 69.0 Å². The molecule has 1 saturated carbocycles. The second kappa shape index (κ2) is 8.06. The molecule has 1 aliphatic carbocycles. The molecule has 29 heavy (non-hydrogen) atoms. The third-order valence-corrected chi connectivity index (χ3v) is 6.21. The van der Waals surface area contributed by atoms with Gasteiger partial charge in [-0.05, 0) is 53.5 Å². The molecule has 3 heterocycles. The lowest BCUT2D eigenvalue weighted by atomic mass is 9.95. The Morgan fingerprint density at radius 1 is 1.14 bits per heavy atom. The first-order valence-electron chi connectivity index (χ1n) is 10.8. The summed E-state index contributed by atoms with van der Waals surface area (Å²) in [5.74, 6) is 1.72. The molecule has 0 N–H and O–H groups in total. The first kappa shape index (κ1) is 18.5. The van der Waals surface area contributed by atoms with Crippen LogP contribution in [-0.2, 0) is 19.5 Å². The van der Waals surface area contributed by atoms with E-state index in [-0.39, 0.29) is 0 Å². The minimum absolute atomic E-state index is 0.447. The highest BCUT2D eigenvalue weighted by atomic mass is 16.5. The Morgan fingerprint density at radius 2 is 2.03 bits per heavy atom. The largest absolute Gasteiger partial charge is 0.476 e. The van der Waals surface area contributed by atoms with Gasteiger partial charge in [0.25, 0.3) is 0 Å². The van der Waals surface area contributed by atoms with Crippen LogP contribution in [0.1, 0.15) is 62.0 Å². The van der Waals surface area contributed by atoms with Gasteiger partial charge in [-0.25, -0.2) is 9.67 Å². The van der Waals surface area contributed by atoms with Crippen molar-refractivity contribution < 1.29 is 4.74 Å². The van der Waals surface area contributed by atoms with Crippen LogP contribution in [0.3, 0.4) is 0 Å². The van der Waals surface area contributed by atoms with Gasteiger partial charge < -0.3 is 4.74 Å². The van der Waals surface area contributed by atoms with E-state index in [0.717, 1.165) is 48.8 Å². The first-order chi connectivity index (χ1) is 14.3. The molecule has 0 saturated heterocycles. The molecule has 2 aromatic heterocycles. The van der Waals surface area contributed by atoms with Gasteiger partial charge in [0.2, 0.25) is 5.88 Å². The van der Waals surface area contributed by atoms with Gasteiger partial charge in [-0.2, -0.15) is 0 Å². The van der Waals surface area contributed by atoms with Gasteiger partial charge in [-0.3, -0.25) is 4.90 Å². The van der Waals surface area contributed by atoms with E-state index >= 15 is 0 Å². The molecule has 7 heteroatoms. The van der Waals surface area contributed by atoms with Gasteiger partial charge in [0, 0.05) is 24.0 Å². The summed E-state index contributed by atoms with van der Waals surface area (Å²) in [5, 5.41) is 13.8. The molecular weight excluding hydrogens is 364 g/mol. The fourth-order valence-electron chi connectivity index (χ4n) is 4.56. The summed E-state index contributed by atoms with van der Waals surface area (Å²) in [7, 11) is 0. The van der Waals surface area contributed by atoms with Crippen LogP contribution >= 0.6 is 0 Å². The molecule has 1 fully saturated rings. The zero-order valence-corrected chi connectivity index (χ0v) is 17.0.